The molecular formula is C17H21FN2O2. The molecule has 118 valence electrons. The van der Waals surface area contributed by atoms with E-state index in [2.05, 4.69) is 10.8 Å². The summed E-state index contributed by atoms with van der Waals surface area (Å²) < 4.78 is 13.1. The van der Waals surface area contributed by atoms with Crippen LogP contribution in [0.25, 0.3) is 0 Å². The van der Waals surface area contributed by atoms with Crippen LogP contribution in [0.3, 0.4) is 0 Å². The zero-order valence-corrected chi connectivity index (χ0v) is 12.5. The predicted molar refractivity (Wildman–Crippen MR) is 82.4 cm³/mol. The van der Waals surface area contributed by atoms with Crippen LogP contribution in [-0.4, -0.2) is 53.5 Å². The van der Waals surface area contributed by atoms with E-state index in [-0.39, 0.29) is 12.3 Å². The second kappa shape index (κ2) is 7.92. The highest BCUT2D eigenvalue weighted by Crippen LogP contribution is 2.19. The molecule has 1 N–H and O–H groups in total. The minimum atomic E-state index is -0.970. The van der Waals surface area contributed by atoms with Crippen molar-refractivity contribution >= 4 is 5.91 Å². The quantitative estimate of drug-likeness (QED) is 0.837. The normalized spacial score (nSPS) is 17.0. The van der Waals surface area contributed by atoms with Gasteiger partial charge in [0.2, 0.25) is 5.91 Å². The van der Waals surface area contributed by atoms with Gasteiger partial charge in [-0.1, -0.05) is 12.1 Å². The zero-order valence-electron chi connectivity index (χ0n) is 12.5. The van der Waals surface area contributed by atoms with Gasteiger partial charge in [0, 0.05) is 39.1 Å². The van der Waals surface area contributed by atoms with Crippen molar-refractivity contribution in [2.45, 2.75) is 18.9 Å². The molecule has 1 atom stereocenters. The third-order valence-electron chi connectivity index (χ3n) is 3.90. The average Bonchev–Trinajstić information content (AvgIpc) is 2.53. The second-order valence-electron chi connectivity index (χ2n) is 5.45. The summed E-state index contributed by atoms with van der Waals surface area (Å²) in [5.41, 5.74) is 0.431. The molecule has 0 radical (unpaired) electrons. The highest BCUT2D eigenvalue weighted by Gasteiger charge is 2.23. The van der Waals surface area contributed by atoms with Crippen LogP contribution in [0, 0.1) is 18.2 Å². The van der Waals surface area contributed by atoms with E-state index in [0.29, 0.717) is 25.1 Å². The maximum Gasteiger partial charge on any atom is 0.225 e. The SMILES string of the molecule is C#CCCN1CCN(C(=O)CC(O)c2cccc(F)c2)CC1. The summed E-state index contributed by atoms with van der Waals surface area (Å²) in [7, 11) is 0. The highest BCUT2D eigenvalue weighted by atomic mass is 19.1. The maximum absolute atomic E-state index is 13.1. The van der Waals surface area contributed by atoms with E-state index in [0.717, 1.165) is 19.6 Å². The Labute approximate surface area is 130 Å². The Balaban J connectivity index is 1.82. The molecule has 1 aliphatic heterocycles. The van der Waals surface area contributed by atoms with Gasteiger partial charge in [-0.3, -0.25) is 9.69 Å². The van der Waals surface area contributed by atoms with E-state index in [9.17, 15) is 14.3 Å². The second-order valence-corrected chi connectivity index (χ2v) is 5.45. The van der Waals surface area contributed by atoms with Gasteiger partial charge in [0.05, 0.1) is 12.5 Å². The molecule has 2 rings (SSSR count). The van der Waals surface area contributed by atoms with E-state index in [1.807, 2.05) is 0 Å². The fourth-order valence-corrected chi connectivity index (χ4v) is 2.57. The van der Waals surface area contributed by atoms with E-state index >= 15 is 0 Å². The topological polar surface area (TPSA) is 43.8 Å². The number of nitrogens with zero attached hydrogens (tertiary/aromatic N) is 2. The molecule has 1 aromatic rings. The molecule has 1 aliphatic rings. The Morgan fingerprint density at radius 1 is 1.36 bits per heavy atom. The van der Waals surface area contributed by atoms with Crippen LogP contribution in [0.2, 0.25) is 0 Å². The van der Waals surface area contributed by atoms with Gasteiger partial charge < -0.3 is 10.0 Å². The van der Waals surface area contributed by atoms with Crippen molar-refractivity contribution < 1.29 is 14.3 Å². The monoisotopic (exact) mass is 304 g/mol. The molecule has 1 saturated heterocycles. The average molecular weight is 304 g/mol. The van der Waals surface area contributed by atoms with Crippen molar-refractivity contribution in [2.75, 3.05) is 32.7 Å². The lowest BCUT2D eigenvalue weighted by Gasteiger charge is -2.34. The first-order valence-electron chi connectivity index (χ1n) is 7.47. The number of aliphatic hydroxyl groups is 1. The molecule has 0 aromatic heterocycles. The van der Waals surface area contributed by atoms with Gasteiger partial charge in [-0.05, 0) is 17.7 Å². The predicted octanol–water partition coefficient (Wildman–Crippen LogP) is 1.42. The van der Waals surface area contributed by atoms with Crippen molar-refractivity contribution in [1.82, 2.24) is 9.80 Å². The van der Waals surface area contributed by atoms with Crippen molar-refractivity contribution in [3.8, 4) is 12.3 Å². The van der Waals surface area contributed by atoms with Crippen LogP contribution in [0.15, 0.2) is 24.3 Å². The van der Waals surface area contributed by atoms with Crippen LogP contribution in [-0.2, 0) is 4.79 Å². The summed E-state index contributed by atoms with van der Waals surface area (Å²) in [6.07, 6.45) is 4.97. The summed E-state index contributed by atoms with van der Waals surface area (Å²) in [6, 6.07) is 5.73. The summed E-state index contributed by atoms with van der Waals surface area (Å²) in [5.74, 6) is 2.10. The zero-order chi connectivity index (χ0) is 15.9. The summed E-state index contributed by atoms with van der Waals surface area (Å²) in [5, 5.41) is 10.1. The Kier molecular flexibility index (Phi) is 5.93. The Morgan fingerprint density at radius 3 is 2.73 bits per heavy atom. The van der Waals surface area contributed by atoms with Gasteiger partial charge in [0.1, 0.15) is 5.82 Å². The lowest BCUT2D eigenvalue weighted by molar-refractivity contribution is -0.135. The van der Waals surface area contributed by atoms with Gasteiger partial charge >= 0.3 is 0 Å². The largest absolute Gasteiger partial charge is 0.388 e. The smallest absolute Gasteiger partial charge is 0.225 e. The maximum atomic E-state index is 13.1. The molecule has 0 bridgehead atoms. The Hall–Kier alpha value is -1.90. The molecule has 4 nitrogen and oxygen atoms in total. The van der Waals surface area contributed by atoms with Gasteiger partial charge in [-0.2, -0.15) is 0 Å². The van der Waals surface area contributed by atoms with E-state index in [4.69, 9.17) is 6.42 Å². The van der Waals surface area contributed by atoms with Crippen LogP contribution in [0.5, 0.6) is 0 Å². The number of carbonyl (C=O) groups is 1. The van der Waals surface area contributed by atoms with Crippen LogP contribution in [0.1, 0.15) is 24.5 Å². The third-order valence-corrected chi connectivity index (χ3v) is 3.90. The van der Waals surface area contributed by atoms with Gasteiger partial charge in [-0.15, -0.1) is 12.3 Å². The molecule has 5 heteroatoms. The van der Waals surface area contributed by atoms with E-state index in [1.165, 1.54) is 18.2 Å². The molecule has 1 heterocycles. The number of carbonyl (C=O) groups excluding carboxylic acids is 1. The van der Waals surface area contributed by atoms with Crippen LogP contribution in [0.4, 0.5) is 4.39 Å². The molecule has 1 fully saturated rings. The molecule has 1 unspecified atom stereocenters. The lowest BCUT2D eigenvalue weighted by atomic mass is 10.1. The van der Waals surface area contributed by atoms with Gasteiger partial charge in [0.15, 0.2) is 0 Å². The molecule has 0 saturated carbocycles. The molecule has 0 aliphatic carbocycles. The van der Waals surface area contributed by atoms with Crippen molar-refractivity contribution in [2.24, 2.45) is 0 Å². The number of hydrogen-bond donors (Lipinski definition) is 1. The molecule has 22 heavy (non-hydrogen) atoms. The first-order valence-corrected chi connectivity index (χ1v) is 7.47. The minimum absolute atomic E-state index is 0.0200. The molecular weight excluding hydrogens is 283 g/mol. The van der Waals surface area contributed by atoms with E-state index < -0.39 is 11.9 Å². The molecule has 1 amide bonds. The number of halogens is 1. The van der Waals surface area contributed by atoms with Gasteiger partial charge in [-0.25, -0.2) is 4.39 Å². The molecule has 1 aromatic carbocycles. The number of rotatable bonds is 5. The Bertz CT molecular complexity index is 548. The minimum Gasteiger partial charge on any atom is -0.388 e. The van der Waals surface area contributed by atoms with E-state index in [1.54, 1.807) is 11.0 Å². The van der Waals surface area contributed by atoms with Crippen LogP contribution < -0.4 is 0 Å². The molecule has 0 spiro atoms. The highest BCUT2D eigenvalue weighted by molar-refractivity contribution is 5.77. The Morgan fingerprint density at radius 2 is 2.09 bits per heavy atom. The summed E-state index contributed by atoms with van der Waals surface area (Å²) in [6.45, 7) is 3.72. The van der Waals surface area contributed by atoms with Crippen LogP contribution >= 0.6 is 0 Å². The van der Waals surface area contributed by atoms with Crippen molar-refractivity contribution in [3.05, 3.63) is 35.6 Å². The number of benzene rings is 1. The van der Waals surface area contributed by atoms with Crippen molar-refractivity contribution in [3.63, 3.8) is 0 Å². The third kappa shape index (κ3) is 4.55. The fourth-order valence-electron chi connectivity index (χ4n) is 2.57. The number of aliphatic hydroxyl groups excluding tert-OH is 1. The first kappa shape index (κ1) is 16.5. The summed E-state index contributed by atoms with van der Waals surface area (Å²) in [4.78, 5) is 16.2. The first-order chi connectivity index (χ1) is 10.6. The fraction of sp³-hybridized carbons (Fsp3) is 0.471. The number of piperazine rings is 1. The standard InChI is InChI=1S/C17H21FN2O2/c1-2-3-7-19-8-10-20(11-9-19)17(22)13-16(21)14-5-4-6-15(18)12-14/h1,4-6,12,16,21H,3,7-11,13H2. The summed E-state index contributed by atoms with van der Waals surface area (Å²) >= 11 is 0. The van der Waals surface area contributed by atoms with Crippen molar-refractivity contribution in [1.29, 1.82) is 0 Å². The number of amides is 1. The van der Waals surface area contributed by atoms with Gasteiger partial charge in [0.25, 0.3) is 0 Å². The number of terminal acetylenes is 1. The number of hydrogen-bond acceptors (Lipinski definition) is 3. The lowest BCUT2D eigenvalue weighted by Crippen LogP contribution is -2.49.